The number of hydrazine groups is 1. The molecule has 0 saturated carbocycles. The van der Waals surface area contributed by atoms with E-state index in [-0.39, 0.29) is 18.3 Å². The number of fused-ring (bicyclic) bond motifs is 1. The molecule has 0 aromatic heterocycles. The first-order chi connectivity index (χ1) is 10.9. The van der Waals surface area contributed by atoms with Gasteiger partial charge in [0.1, 0.15) is 17.7 Å². The molecule has 0 bridgehead atoms. The lowest BCUT2D eigenvalue weighted by molar-refractivity contribution is -0.129. The van der Waals surface area contributed by atoms with E-state index in [4.69, 9.17) is 0 Å². The maximum absolute atomic E-state index is 13.2. The molecule has 1 aromatic rings. The van der Waals surface area contributed by atoms with Gasteiger partial charge >= 0.3 is 0 Å². The maximum Gasteiger partial charge on any atom is 0.249 e. The normalized spacial score (nSPS) is 19.5. The number of amides is 2. The van der Waals surface area contributed by atoms with Gasteiger partial charge in [-0.15, -0.1) is 0 Å². The van der Waals surface area contributed by atoms with Crippen LogP contribution in [0.1, 0.15) is 20.3 Å². The molecule has 1 fully saturated rings. The van der Waals surface area contributed by atoms with Gasteiger partial charge in [-0.25, -0.2) is 9.40 Å². The molecule has 1 atom stereocenters. The van der Waals surface area contributed by atoms with E-state index in [0.717, 1.165) is 5.57 Å². The molecule has 3 rings (SSSR count). The summed E-state index contributed by atoms with van der Waals surface area (Å²) in [4.78, 5) is 28.5. The second-order valence-electron chi connectivity index (χ2n) is 5.53. The van der Waals surface area contributed by atoms with Crippen LogP contribution in [0.5, 0.6) is 0 Å². The highest BCUT2D eigenvalue weighted by atomic mass is 19.1. The summed E-state index contributed by atoms with van der Waals surface area (Å²) in [5.74, 6) is -0.281. The van der Waals surface area contributed by atoms with Crippen molar-refractivity contribution in [2.24, 2.45) is 4.99 Å². The molecule has 23 heavy (non-hydrogen) atoms. The third-order valence-electron chi connectivity index (χ3n) is 3.48. The van der Waals surface area contributed by atoms with Gasteiger partial charge in [0.25, 0.3) is 0 Å². The number of aliphatic imine (C=N–C) groups is 1. The Morgan fingerprint density at radius 2 is 2.22 bits per heavy atom. The first-order valence-electron chi connectivity index (χ1n) is 7.12. The number of rotatable bonds is 2. The van der Waals surface area contributed by atoms with Crippen molar-refractivity contribution in [2.45, 2.75) is 26.3 Å². The van der Waals surface area contributed by atoms with Crippen molar-refractivity contribution in [2.75, 3.05) is 5.32 Å². The van der Waals surface area contributed by atoms with Crippen molar-refractivity contribution < 1.29 is 14.0 Å². The van der Waals surface area contributed by atoms with E-state index >= 15 is 0 Å². The van der Waals surface area contributed by atoms with Crippen molar-refractivity contribution in [3.63, 3.8) is 0 Å². The van der Waals surface area contributed by atoms with E-state index in [1.165, 1.54) is 23.2 Å². The van der Waals surface area contributed by atoms with Crippen LogP contribution in [0.15, 0.2) is 40.7 Å². The van der Waals surface area contributed by atoms with Gasteiger partial charge < -0.3 is 5.32 Å². The molecule has 0 aliphatic carbocycles. The summed E-state index contributed by atoms with van der Waals surface area (Å²) in [6.07, 6.45) is -0.0246. The highest BCUT2D eigenvalue weighted by molar-refractivity contribution is 6.07. The average Bonchev–Trinajstić information content (AvgIpc) is 2.90. The minimum absolute atomic E-state index is 0.0246. The number of nitrogens with one attached hydrogen (secondary N) is 3. The van der Waals surface area contributed by atoms with Gasteiger partial charge in [-0.05, 0) is 37.6 Å². The van der Waals surface area contributed by atoms with Crippen LogP contribution in [0, 0.1) is 5.82 Å². The molecule has 0 radical (unpaired) electrons. The van der Waals surface area contributed by atoms with Crippen molar-refractivity contribution in [1.29, 1.82) is 0 Å². The van der Waals surface area contributed by atoms with Crippen LogP contribution >= 0.6 is 0 Å². The van der Waals surface area contributed by atoms with Crippen molar-refractivity contribution >= 4 is 23.5 Å². The Balaban J connectivity index is 1.81. The molecule has 2 heterocycles. The van der Waals surface area contributed by atoms with Crippen LogP contribution in [0.25, 0.3) is 0 Å². The summed E-state index contributed by atoms with van der Waals surface area (Å²) in [6, 6.07) is 4.81. The largest absolute Gasteiger partial charge is 0.324 e. The first-order valence-corrected chi connectivity index (χ1v) is 7.12. The number of carbonyl (C=O) groups is 2. The summed E-state index contributed by atoms with van der Waals surface area (Å²) in [5.41, 5.74) is 4.26. The van der Waals surface area contributed by atoms with Crippen molar-refractivity contribution in [3.05, 3.63) is 41.5 Å². The Hall–Kier alpha value is -2.90. The Labute approximate surface area is 132 Å². The van der Waals surface area contributed by atoms with E-state index in [9.17, 15) is 14.0 Å². The smallest absolute Gasteiger partial charge is 0.249 e. The molecular weight excluding hydrogens is 301 g/mol. The Bertz CT molecular complexity index is 739. The number of guanidine groups is 1. The fourth-order valence-corrected chi connectivity index (χ4v) is 2.33. The Morgan fingerprint density at radius 3 is 2.91 bits per heavy atom. The van der Waals surface area contributed by atoms with E-state index in [2.05, 4.69) is 21.1 Å². The molecule has 1 aromatic carbocycles. The van der Waals surface area contributed by atoms with Gasteiger partial charge in [-0.1, -0.05) is 6.07 Å². The Morgan fingerprint density at radius 1 is 1.43 bits per heavy atom. The fraction of sp³-hybridized carbons (Fsp3) is 0.267. The van der Waals surface area contributed by atoms with Crippen molar-refractivity contribution in [3.8, 4) is 0 Å². The lowest BCUT2D eigenvalue weighted by Gasteiger charge is -2.32. The molecule has 2 aliphatic rings. The summed E-state index contributed by atoms with van der Waals surface area (Å²) >= 11 is 0. The van der Waals surface area contributed by atoms with E-state index in [1.54, 1.807) is 6.07 Å². The number of anilines is 1. The molecule has 0 spiro atoms. The average molecular weight is 317 g/mol. The number of nitrogens with zero attached hydrogens (tertiary/aromatic N) is 2. The predicted octanol–water partition coefficient (Wildman–Crippen LogP) is 1.08. The minimum atomic E-state index is -0.775. The second-order valence-corrected chi connectivity index (χ2v) is 5.53. The summed E-state index contributed by atoms with van der Waals surface area (Å²) in [7, 11) is 0. The van der Waals surface area contributed by atoms with E-state index in [0.29, 0.717) is 11.5 Å². The molecular formula is C15H16FN5O2. The van der Waals surface area contributed by atoms with Gasteiger partial charge in [0.15, 0.2) is 0 Å². The summed E-state index contributed by atoms with van der Waals surface area (Å²) in [6.45, 7) is 3.74. The lowest BCUT2D eigenvalue weighted by Crippen LogP contribution is -2.61. The molecule has 3 N–H and O–H groups in total. The highest BCUT2D eigenvalue weighted by Crippen LogP contribution is 2.19. The maximum atomic E-state index is 13.2. The molecule has 2 aliphatic heterocycles. The van der Waals surface area contributed by atoms with Crippen LogP contribution in [0.2, 0.25) is 0 Å². The molecule has 7 nitrogen and oxygen atoms in total. The fourth-order valence-electron chi connectivity index (χ4n) is 2.33. The van der Waals surface area contributed by atoms with Crippen molar-refractivity contribution in [1.82, 2.24) is 15.8 Å². The molecule has 1 saturated heterocycles. The van der Waals surface area contributed by atoms with Gasteiger partial charge in [0, 0.05) is 5.69 Å². The third kappa shape index (κ3) is 3.01. The molecule has 8 heteroatoms. The van der Waals surface area contributed by atoms with E-state index < -0.39 is 17.8 Å². The van der Waals surface area contributed by atoms with Crippen LogP contribution in [-0.2, 0) is 9.59 Å². The quantitative estimate of drug-likeness (QED) is 0.762. The monoisotopic (exact) mass is 317 g/mol. The van der Waals surface area contributed by atoms with Crippen LogP contribution < -0.4 is 16.1 Å². The standard InChI is InChI=1S/C15H16FN5O2/c1-8(2)13-19-15-18-12(22)7-11(21(15)20-13)14(23)17-10-5-3-4-9(16)6-10/h3-6,11,20H,7H2,1-2H3,(H,17,23)(H,18,19,22)/t11-/m0/s1. The molecule has 2 amide bonds. The number of carbonyl (C=O) groups excluding carboxylic acids is 2. The van der Waals surface area contributed by atoms with Gasteiger partial charge in [-0.3, -0.25) is 20.3 Å². The zero-order valence-electron chi connectivity index (χ0n) is 12.7. The number of benzene rings is 1. The van der Waals surface area contributed by atoms with Gasteiger partial charge in [-0.2, -0.15) is 4.99 Å². The molecule has 0 unspecified atom stereocenters. The predicted molar refractivity (Wildman–Crippen MR) is 82.4 cm³/mol. The second kappa shape index (κ2) is 5.71. The zero-order valence-corrected chi connectivity index (χ0v) is 12.7. The number of allylic oxidation sites excluding steroid dienone is 1. The summed E-state index contributed by atoms with van der Waals surface area (Å²) < 4.78 is 13.2. The van der Waals surface area contributed by atoms with Crippen LogP contribution in [0.4, 0.5) is 10.1 Å². The van der Waals surface area contributed by atoms with Gasteiger partial charge in [0.2, 0.25) is 17.8 Å². The van der Waals surface area contributed by atoms with Crippen LogP contribution in [0.3, 0.4) is 0 Å². The SMILES string of the molecule is CC(C)=C1N=C2NC(=O)C[C@@H](C(=O)Nc3cccc(F)c3)N2N1. The summed E-state index contributed by atoms with van der Waals surface area (Å²) in [5, 5.41) is 6.75. The first kappa shape index (κ1) is 15.0. The number of halogens is 1. The highest BCUT2D eigenvalue weighted by Gasteiger charge is 2.39. The lowest BCUT2D eigenvalue weighted by atomic mass is 10.1. The van der Waals surface area contributed by atoms with Gasteiger partial charge in [0.05, 0.1) is 6.42 Å². The molecule has 120 valence electrons. The van der Waals surface area contributed by atoms with E-state index in [1.807, 2.05) is 13.8 Å². The van der Waals surface area contributed by atoms with Crippen LogP contribution in [-0.4, -0.2) is 28.8 Å². The minimum Gasteiger partial charge on any atom is -0.324 e. The zero-order chi connectivity index (χ0) is 16.6. The number of hydrogen-bond acceptors (Lipinski definition) is 5. The third-order valence-corrected chi connectivity index (χ3v) is 3.48. The Kier molecular flexibility index (Phi) is 3.73. The number of hydrogen-bond donors (Lipinski definition) is 3. The topological polar surface area (TPSA) is 85.8 Å².